The third-order valence-corrected chi connectivity index (χ3v) is 4.96. The average Bonchev–Trinajstić information content (AvgIpc) is 2.42. The molecule has 0 unspecified atom stereocenters. The topological polar surface area (TPSA) is 50.4 Å². The number of amides is 1. The molecule has 20 heavy (non-hydrogen) atoms. The molecule has 0 heterocycles. The van der Waals surface area contributed by atoms with Crippen LogP contribution in [0, 0.1) is 0 Å². The van der Waals surface area contributed by atoms with Crippen molar-refractivity contribution in [3.63, 3.8) is 0 Å². The second-order valence-electron chi connectivity index (χ2n) is 6.49. The van der Waals surface area contributed by atoms with Gasteiger partial charge in [0.1, 0.15) is 0 Å². The Morgan fingerprint density at radius 1 is 1.20 bits per heavy atom. The summed E-state index contributed by atoms with van der Waals surface area (Å²) < 4.78 is 5.52. The van der Waals surface area contributed by atoms with Gasteiger partial charge in [-0.25, -0.2) is 0 Å². The molecule has 0 spiro atoms. The summed E-state index contributed by atoms with van der Waals surface area (Å²) in [6.45, 7) is 3.31. The molecule has 0 aliphatic heterocycles. The highest BCUT2D eigenvalue weighted by Gasteiger charge is 2.39. The van der Waals surface area contributed by atoms with Gasteiger partial charge in [0.2, 0.25) is 5.91 Å². The molecule has 0 aromatic heterocycles. The lowest BCUT2D eigenvalue weighted by molar-refractivity contribution is -0.135. The molecule has 2 aliphatic rings. The van der Waals surface area contributed by atoms with Crippen LogP contribution >= 0.6 is 0 Å². The van der Waals surface area contributed by atoms with Crippen molar-refractivity contribution in [1.29, 1.82) is 0 Å². The summed E-state index contributed by atoms with van der Waals surface area (Å²) in [4.78, 5) is 12.1. The number of nitrogens with one attached hydrogen (secondary N) is 2. The molecular weight excluding hydrogens is 252 g/mol. The standard InChI is InChI=1S/C16H30N2O2/c1-3-11-17-13-5-7-14(8-6-13)18-15(19)12-16(20-2)9-4-10-16/h13-14,17H,3-12H2,1-2H3,(H,18,19). The molecule has 0 aromatic carbocycles. The average molecular weight is 282 g/mol. The van der Waals surface area contributed by atoms with E-state index in [0.29, 0.717) is 18.5 Å². The van der Waals surface area contributed by atoms with Crippen molar-refractivity contribution in [3.8, 4) is 0 Å². The molecule has 2 aliphatic carbocycles. The number of hydrogen-bond donors (Lipinski definition) is 2. The maximum atomic E-state index is 12.1. The van der Waals surface area contributed by atoms with Gasteiger partial charge in [-0.3, -0.25) is 4.79 Å². The van der Waals surface area contributed by atoms with E-state index in [-0.39, 0.29) is 11.5 Å². The number of carbonyl (C=O) groups is 1. The fourth-order valence-electron chi connectivity index (χ4n) is 3.39. The van der Waals surface area contributed by atoms with Crippen molar-refractivity contribution in [2.45, 2.75) is 82.4 Å². The minimum absolute atomic E-state index is 0.149. The molecule has 2 fully saturated rings. The molecule has 116 valence electrons. The van der Waals surface area contributed by atoms with Crippen molar-refractivity contribution < 1.29 is 9.53 Å². The summed E-state index contributed by atoms with van der Waals surface area (Å²) in [5.41, 5.74) is -0.149. The number of ether oxygens (including phenoxy) is 1. The van der Waals surface area contributed by atoms with Gasteiger partial charge in [0.05, 0.1) is 12.0 Å². The lowest BCUT2D eigenvalue weighted by atomic mass is 9.77. The highest BCUT2D eigenvalue weighted by atomic mass is 16.5. The Hall–Kier alpha value is -0.610. The molecule has 4 nitrogen and oxygen atoms in total. The Labute approximate surface area is 123 Å². The van der Waals surface area contributed by atoms with Gasteiger partial charge in [0.15, 0.2) is 0 Å². The zero-order chi connectivity index (χ0) is 14.4. The monoisotopic (exact) mass is 282 g/mol. The van der Waals surface area contributed by atoms with Crippen LogP contribution in [-0.2, 0) is 9.53 Å². The van der Waals surface area contributed by atoms with Crippen LogP contribution in [-0.4, -0.2) is 37.2 Å². The van der Waals surface area contributed by atoms with Gasteiger partial charge in [0, 0.05) is 19.2 Å². The van der Waals surface area contributed by atoms with Crippen LogP contribution in [0.4, 0.5) is 0 Å². The predicted octanol–water partition coefficient (Wildman–Crippen LogP) is 2.37. The molecule has 2 N–H and O–H groups in total. The summed E-state index contributed by atoms with van der Waals surface area (Å²) in [5.74, 6) is 0.177. The lowest BCUT2D eigenvalue weighted by Crippen LogP contribution is -2.47. The van der Waals surface area contributed by atoms with E-state index in [1.165, 1.54) is 25.7 Å². The van der Waals surface area contributed by atoms with Crippen molar-refractivity contribution in [3.05, 3.63) is 0 Å². The summed E-state index contributed by atoms with van der Waals surface area (Å²) in [6, 6.07) is 1.02. The SMILES string of the molecule is CCCNC1CCC(NC(=O)CC2(OC)CCC2)CC1. The second-order valence-corrected chi connectivity index (χ2v) is 6.49. The van der Waals surface area contributed by atoms with E-state index in [2.05, 4.69) is 17.6 Å². The quantitative estimate of drug-likeness (QED) is 0.754. The first-order chi connectivity index (χ1) is 9.67. The Kier molecular flexibility index (Phi) is 5.85. The second kappa shape index (κ2) is 7.41. The summed E-state index contributed by atoms with van der Waals surface area (Å²) in [5, 5.41) is 6.79. The fourth-order valence-corrected chi connectivity index (χ4v) is 3.39. The maximum absolute atomic E-state index is 12.1. The number of methoxy groups -OCH3 is 1. The van der Waals surface area contributed by atoms with E-state index in [1.807, 2.05) is 0 Å². The molecule has 0 radical (unpaired) electrons. The van der Waals surface area contributed by atoms with E-state index in [0.717, 1.165) is 32.2 Å². The Morgan fingerprint density at radius 3 is 2.35 bits per heavy atom. The third kappa shape index (κ3) is 4.19. The Bertz CT molecular complexity index is 302. The zero-order valence-corrected chi connectivity index (χ0v) is 13.0. The van der Waals surface area contributed by atoms with Gasteiger partial charge in [-0.15, -0.1) is 0 Å². The van der Waals surface area contributed by atoms with Crippen LogP contribution in [0.15, 0.2) is 0 Å². The van der Waals surface area contributed by atoms with Crippen LogP contribution in [0.3, 0.4) is 0 Å². The normalized spacial score (nSPS) is 28.7. The molecule has 0 saturated heterocycles. The van der Waals surface area contributed by atoms with Gasteiger partial charge >= 0.3 is 0 Å². The first-order valence-electron chi connectivity index (χ1n) is 8.25. The minimum Gasteiger partial charge on any atom is -0.378 e. The van der Waals surface area contributed by atoms with E-state index in [9.17, 15) is 4.79 Å². The van der Waals surface area contributed by atoms with Gasteiger partial charge in [0.25, 0.3) is 0 Å². The van der Waals surface area contributed by atoms with Gasteiger partial charge in [-0.1, -0.05) is 6.92 Å². The Balaban J connectivity index is 1.66. The van der Waals surface area contributed by atoms with Crippen LogP contribution in [0.1, 0.15) is 64.7 Å². The molecule has 2 rings (SSSR count). The van der Waals surface area contributed by atoms with E-state index < -0.39 is 0 Å². The van der Waals surface area contributed by atoms with Gasteiger partial charge in [-0.05, 0) is 57.9 Å². The van der Waals surface area contributed by atoms with Crippen LogP contribution in [0.5, 0.6) is 0 Å². The fraction of sp³-hybridized carbons (Fsp3) is 0.938. The van der Waals surface area contributed by atoms with Gasteiger partial charge in [-0.2, -0.15) is 0 Å². The molecule has 0 bridgehead atoms. The highest BCUT2D eigenvalue weighted by Crippen LogP contribution is 2.38. The van der Waals surface area contributed by atoms with E-state index >= 15 is 0 Å². The predicted molar refractivity (Wildman–Crippen MR) is 80.7 cm³/mol. The first kappa shape index (κ1) is 15.8. The Morgan fingerprint density at radius 2 is 1.85 bits per heavy atom. The molecule has 2 saturated carbocycles. The number of carbonyl (C=O) groups excluding carboxylic acids is 1. The summed E-state index contributed by atoms with van der Waals surface area (Å²) in [6.07, 6.45) is 9.55. The number of rotatable bonds is 7. The van der Waals surface area contributed by atoms with Crippen LogP contribution in [0.25, 0.3) is 0 Å². The van der Waals surface area contributed by atoms with Gasteiger partial charge < -0.3 is 15.4 Å². The maximum Gasteiger partial charge on any atom is 0.223 e. The highest BCUT2D eigenvalue weighted by molar-refractivity contribution is 5.77. The molecule has 1 amide bonds. The van der Waals surface area contributed by atoms with E-state index in [1.54, 1.807) is 7.11 Å². The van der Waals surface area contributed by atoms with Crippen LogP contribution in [0.2, 0.25) is 0 Å². The molecule has 0 aromatic rings. The van der Waals surface area contributed by atoms with Crippen molar-refractivity contribution >= 4 is 5.91 Å². The van der Waals surface area contributed by atoms with Crippen LogP contribution < -0.4 is 10.6 Å². The van der Waals surface area contributed by atoms with Crippen molar-refractivity contribution in [2.75, 3.05) is 13.7 Å². The smallest absolute Gasteiger partial charge is 0.223 e. The zero-order valence-electron chi connectivity index (χ0n) is 13.0. The van der Waals surface area contributed by atoms with Crippen molar-refractivity contribution in [2.24, 2.45) is 0 Å². The summed E-state index contributed by atoms with van der Waals surface area (Å²) in [7, 11) is 1.73. The number of hydrogen-bond acceptors (Lipinski definition) is 3. The first-order valence-corrected chi connectivity index (χ1v) is 8.25. The minimum atomic E-state index is -0.149. The summed E-state index contributed by atoms with van der Waals surface area (Å²) >= 11 is 0. The molecule has 0 atom stereocenters. The third-order valence-electron chi connectivity index (χ3n) is 4.96. The van der Waals surface area contributed by atoms with Crippen molar-refractivity contribution in [1.82, 2.24) is 10.6 Å². The van der Waals surface area contributed by atoms with E-state index in [4.69, 9.17) is 4.74 Å². The largest absolute Gasteiger partial charge is 0.378 e. The molecule has 4 heteroatoms. The molecular formula is C16H30N2O2. The lowest BCUT2D eigenvalue weighted by Gasteiger charge is -2.40.